The largest absolute Gasteiger partial charge is 0.396 e. The standard InChI is InChI=1S/C7H18O2Si/c1-5-10(6-2)9-7(3)8-4/h7,10H,5-6H2,1-4H3. The van der Waals surface area contributed by atoms with Gasteiger partial charge in [-0.1, -0.05) is 13.8 Å². The Balaban J connectivity index is 3.41. The molecule has 0 bridgehead atoms. The van der Waals surface area contributed by atoms with Gasteiger partial charge < -0.3 is 9.16 Å². The molecule has 0 fully saturated rings. The highest BCUT2D eigenvalue weighted by molar-refractivity contribution is 6.51. The van der Waals surface area contributed by atoms with Crippen LogP contribution in [-0.2, 0) is 9.16 Å². The second kappa shape index (κ2) is 5.89. The van der Waals surface area contributed by atoms with Gasteiger partial charge >= 0.3 is 0 Å². The first-order valence-electron chi connectivity index (χ1n) is 3.92. The summed E-state index contributed by atoms with van der Waals surface area (Å²) in [5, 5.41) is 0. The maximum absolute atomic E-state index is 5.61. The highest BCUT2D eigenvalue weighted by atomic mass is 28.3. The van der Waals surface area contributed by atoms with Crippen LogP contribution in [0.25, 0.3) is 0 Å². The highest BCUT2D eigenvalue weighted by Gasteiger charge is 2.09. The van der Waals surface area contributed by atoms with Crippen LogP contribution in [0.4, 0.5) is 0 Å². The second-order valence-corrected chi connectivity index (χ2v) is 5.53. The minimum Gasteiger partial charge on any atom is -0.396 e. The molecule has 0 rings (SSSR count). The lowest BCUT2D eigenvalue weighted by Crippen LogP contribution is -2.23. The first kappa shape index (κ1) is 10.1. The first-order chi connectivity index (χ1) is 4.74. The van der Waals surface area contributed by atoms with Crippen LogP contribution < -0.4 is 0 Å². The van der Waals surface area contributed by atoms with Crippen molar-refractivity contribution in [1.29, 1.82) is 0 Å². The fraction of sp³-hybridized carbons (Fsp3) is 1.00. The molecule has 0 aliphatic rings. The molecule has 0 aliphatic heterocycles. The summed E-state index contributed by atoms with van der Waals surface area (Å²) >= 11 is 0. The van der Waals surface area contributed by atoms with E-state index in [2.05, 4.69) is 13.8 Å². The van der Waals surface area contributed by atoms with Crippen LogP contribution in [0, 0.1) is 0 Å². The molecule has 0 aromatic carbocycles. The van der Waals surface area contributed by atoms with Crippen LogP contribution in [0.3, 0.4) is 0 Å². The number of rotatable bonds is 5. The zero-order valence-corrected chi connectivity index (χ0v) is 8.54. The first-order valence-corrected chi connectivity index (χ1v) is 6.03. The van der Waals surface area contributed by atoms with Gasteiger partial charge in [0.25, 0.3) is 0 Å². The molecular weight excluding hydrogens is 144 g/mol. The van der Waals surface area contributed by atoms with Crippen molar-refractivity contribution in [3.8, 4) is 0 Å². The fourth-order valence-electron chi connectivity index (χ4n) is 0.808. The summed E-state index contributed by atoms with van der Waals surface area (Å²) in [5.74, 6) is 0. The van der Waals surface area contributed by atoms with Crippen molar-refractivity contribution in [2.75, 3.05) is 7.11 Å². The monoisotopic (exact) mass is 162 g/mol. The lowest BCUT2D eigenvalue weighted by molar-refractivity contribution is -0.0413. The molecule has 3 heteroatoms. The molecule has 0 amide bonds. The summed E-state index contributed by atoms with van der Waals surface area (Å²) in [6, 6.07) is 2.40. The van der Waals surface area contributed by atoms with Gasteiger partial charge in [-0.3, -0.25) is 0 Å². The Morgan fingerprint density at radius 2 is 1.80 bits per heavy atom. The molecule has 0 aliphatic carbocycles. The molecule has 0 aromatic heterocycles. The Labute approximate surface area is 65.3 Å². The van der Waals surface area contributed by atoms with E-state index in [-0.39, 0.29) is 6.29 Å². The third-order valence-electron chi connectivity index (χ3n) is 1.63. The fourth-order valence-corrected chi connectivity index (χ4v) is 2.42. The number of hydrogen-bond donors (Lipinski definition) is 0. The van der Waals surface area contributed by atoms with Gasteiger partial charge in [0.05, 0.1) is 0 Å². The van der Waals surface area contributed by atoms with E-state index in [1.165, 1.54) is 12.1 Å². The Kier molecular flexibility index (Phi) is 5.97. The predicted octanol–water partition coefficient (Wildman–Crippen LogP) is 1.76. The van der Waals surface area contributed by atoms with Crippen molar-refractivity contribution in [2.45, 2.75) is 39.1 Å². The van der Waals surface area contributed by atoms with Crippen LogP contribution in [0.5, 0.6) is 0 Å². The SMILES string of the molecule is CC[SiH](CC)OC(C)OC. The van der Waals surface area contributed by atoms with Gasteiger partial charge in [0, 0.05) is 7.11 Å². The number of ether oxygens (including phenoxy) is 1. The molecule has 10 heavy (non-hydrogen) atoms. The molecule has 0 heterocycles. The predicted molar refractivity (Wildman–Crippen MR) is 45.7 cm³/mol. The zero-order chi connectivity index (χ0) is 7.98. The molecule has 1 atom stereocenters. The van der Waals surface area contributed by atoms with Crippen LogP contribution in [0.15, 0.2) is 0 Å². The zero-order valence-electron chi connectivity index (χ0n) is 7.39. The minimum absolute atomic E-state index is 0.00318. The summed E-state index contributed by atoms with van der Waals surface area (Å²) in [6.07, 6.45) is -0.00318. The van der Waals surface area contributed by atoms with E-state index in [1.807, 2.05) is 6.92 Å². The molecule has 0 saturated carbocycles. The van der Waals surface area contributed by atoms with E-state index in [4.69, 9.17) is 9.16 Å². The third-order valence-corrected chi connectivity index (χ3v) is 4.22. The van der Waals surface area contributed by atoms with Crippen LogP contribution in [-0.4, -0.2) is 22.4 Å². The van der Waals surface area contributed by atoms with Gasteiger partial charge in [0.1, 0.15) is 6.29 Å². The summed E-state index contributed by atoms with van der Waals surface area (Å²) in [4.78, 5) is 0. The maximum Gasteiger partial charge on any atom is 0.179 e. The lowest BCUT2D eigenvalue weighted by Gasteiger charge is -2.17. The highest BCUT2D eigenvalue weighted by Crippen LogP contribution is 2.03. The van der Waals surface area contributed by atoms with Gasteiger partial charge in [-0.25, -0.2) is 0 Å². The van der Waals surface area contributed by atoms with Crippen LogP contribution >= 0.6 is 0 Å². The summed E-state index contributed by atoms with van der Waals surface area (Å²) < 4.78 is 10.6. The number of methoxy groups -OCH3 is 1. The van der Waals surface area contributed by atoms with E-state index in [0.29, 0.717) is 0 Å². The smallest absolute Gasteiger partial charge is 0.179 e. The van der Waals surface area contributed by atoms with E-state index < -0.39 is 9.04 Å². The topological polar surface area (TPSA) is 18.5 Å². The molecule has 0 spiro atoms. The van der Waals surface area contributed by atoms with E-state index >= 15 is 0 Å². The Bertz CT molecular complexity index is 74.0. The van der Waals surface area contributed by atoms with Crippen molar-refractivity contribution >= 4 is 9.04 Å². The van der Waals surface area contributed by atoms with Crippen molar-refractivity contribution in [3.63, 3.8) is 0 Å². The molecular formula is C7H18O2Si. The van der Waals surface area contributed by atoms with Crippen molar-refractivity contribution in [1.82, 2.24) is 0 Å². The van der Waals surface area contributed by atoms with Gasteiger partial charge in [0.15, 0.2) is 9.04 Å². The van der Waals surface area contributed by atoms with Crippen LogP contribution in [0.2, 0.25) is 12.1 Å². The number of hydrogen-bond acceptors (Lipinski definition) is 2. The normalized spacial score (nSPS) is 14.1. The van der Waals surface area contributed by atoms with Crippen LogP contribution in [0.1, 0.15) is 20.8 Å². The molecule has 0 N–H and O–H groups in total. The third kappa shape index (κ3) is 4.03. The summed E-state index contributed by atoms with van der Waals surface area (Å²) in [6.45, 7) is 6.32. The van der Waals surface area contributed by atoms with Crippen molar-refractivity contribution < 1.29 is 9.16 Å². The molecule has 0 saturated heterocycles. The molecule has 1 unspecified atom stereocenters. The van der Waals surface area contributed by atoms with E-state index in [0.717, 1.165) is 0 Å². The minimum atomic E-state index is -0.893. The molecule has 0 aromatic rings. The molecule has 0 radical (unpaired) electrons. The molecule has 62 valence electrons. The summed E-state index contributed by atoms with van der Waals surface area (Å²) in [7, 11) is 0.789. The van der Waals surface area contributed by atoms with Gasteiger partial charge in [-0.05, 0) is 19.0 Å². The Morgan fingerprint density at radius 1 is 1.30 bits per heavy atom. The maximum atomic E-state index is 5.61. The van der Waals surface area contributed by atoms with Crippen molar-refractivity contribution in [3.05, 3.63) is 0 Å². The Hall–Kier alpha value is 0.137. The van der Waals surface area contributed by atoms with Gasteiger partial charge in [0.2, 0.25) is 0 Å². The van der Waals surface area contributed by atoms with Gasteiger partial charge in [-0.2, -0.15) is 0 Å². The quantitative estimate of drug-likeness (QED) is 0.453. The van der Waals surface area contributed by atoms with E-state index in [1.54, 1.807) is 7.11 Å². The Morgan fingerprint density at radius 3 is 2.10 bits per heavy atom. The van der Waals surface area contributed by atoms with Crippen molar-refractivity contribution in [2.24, 2.45) is 0 Å². The lowest BCUT2D eigenvalue weighted by atomic mass is 10.8. The van der Waals surface area contributed by atoms with Gasteiger partial charge in [-0.15, -0.1) is 0 Å². The molecule has 2 nitrogen and oxygen atoms in total. The second-order valence-electron chi connectivity index (χ2n) is 2.38. The van der Waals surface area contributed by atoms with E-state index in [9.17, 15) is 0 Å². The average Bonchev–Trinajstić information content (AvgIpc) is 1.99. The average molecular weight is 162 g/mol. The summed E-state index contributed by atoms with van der Waals surface area (Å²) in [5.41, 5.74) is 0.